The quantitative estimate of drug-likeness (QED) is 0.779. The van der Waals surface area contributed by atoms with Gasteiger partial charge in [-0.05, 0) is 30.7 Å². The van der Waals surface area contributed by atoms with Crippen molar-refractivity contribution in [3.63, 3.8) is 0 Å². The molecule has 1 aromatic rings. The van der Waals surface area contributed by atoms with Gasteiger partial charge in [0.1, 0.15) is 0 Å². The second-order valence-corrected chi connectivity index (χ2v) is 9.43. The van der Waals surface area contributed by atoms with Crippen molar-refractivity contribution in [3.8, 4) is 0 Å². The number of piperazine rings is 1. The Bertz CT molecular complexity index is 614. The van der Waals surface area contributed by atoms with Crippen LogP contribution in [0.1, 0.15) is 6.42 Å². The van der Waals surface area contributed by atoms with Crippen LogP contribution < -0.4 is 10.2 Å². The van der Waals surface area contributed by atoms with Crippen LogP contribution in [0.25, 0.3) is 0 Å². The lowest BCUT2D eigenvalue weighted by atomic mass is 10.1. The smallest absolute Gasteiger partial charge is 0.239 e. The molecule has 3 fully saturated rings. The first-order valence-electron chi connectivity index (χ1n) is 9.55. The Hall–Kier alpha value is -0.760. The lowest BCUT2D eigenvalue weighted by Crippen LogP contribution is -2.51. The van der Waals surface area contributed by atoms with E-state index in [-0.39, 0.29) is 6.04 Å². The number of rotatable bonds is 3. The van der Waals surface area contributed by atoms with E-state index in [1.54, 1.807) is 0 Å². The molecule has 0 aliphatic carbocycles. The van der Waals surface area contributed by atoms with Gasteiger partial charge >= 0.3 is 0 Å². The zero-order valence-electron chi connectivity index (χ0n) is 15.1. The maximum absolute atomic E-state index is 12.7. The molecule has 3 aliphatic rings. The summed E-state index contributed by atoms with van der Waals surface area (Å²) in [4.78, 5) is 19.8. The molecule has 0 saturated carbocycles. The number of nitrogens with one attached hydrogen (secondary N) is 1. The topological polar surface area (TPSA) is 38.8 Å². The molecular weight excluding hydrogens is 412 g/mol. The van der Waals surface area contributed by atoms with Gasteiger partial charge in [-0.2, -0.15) is 11.8 Å². The Morgan fingerprint density at radius 1 is 1.04 bits per heavy atom. The van der Waals surface area contributed by atoms with Gasteiger partial charge < -0.3 is 15.1 Å². The minimum absolute atomic E-state index is 0.0209. The van der Waals surface area contributed by atoms with Gasteiger partial charge in [-0.1, -0.05) is 15.9 Å². The summed E-state index contributed by atoms with van der Waals surface area (Å²) in [7, 11) is 0. The highest BCUT2D eigenvalue weighted by Gasteiger charge is 2.36. The largest absolute Gasteiger partial charge is 0.369 e. The highest BCUT2D eigenvalue weighted by atomic mass is 79.9. The molecule has 26 heavy (non-hydrogen) atoms. The molecule has 1 aromatic carbocycles. The van der Waals surface area contributed by atoms with E-state index in [4.69, 9.17) is 0 Å². The summed E-state index contributed by atoms with van der Waals surface area (Å²) in [6, 6.07) is 9.10. The van der Waals surface area contributed by atoms with Gasteiger partial charge in [0.25, 0.3) is 0 Å². The fraction of sp³-hybridized carbons (Fsp3) is 0.632. The van der Waals surface area contributed by atoms with Crippen molar-refractivity contribution in [2.75, 3.05) is 62.2 Å². The van der Waals surface area contributed by atoms with Crippen molar-refractivity contribution in [3.05, 3.63) is 28.7 Å². The summed E-state index contributed by atoms with van der Waals surface area (Å²) < 4.78 is 1.12. The SMILES string of the molecule is O=C([C@@H]1C[C@H](N2CCN(c3ccc(Br)cc3)CC2)CN1)N1CCSCC1. The molecule has 3 aliphatic heterocycles. The van der Waals surface area contributed by atoms with Gasteiger partial charge in [-0.3, -0.25) is 9.69 Å². The van der Waals surface area contributed by atoms with Crippen molar-refractivity contribution < 1.29 is 4.79 Å². The maximum Gasteiger partial charge on any atom is 0.239 e. The lowest BCUT2D eigenvalue weighted by molar-refractivity contribution is -0.132. The molecule has 0 bridgehead atoms. The second kappa shape index (κ2) is 8.50. The standard InChI is InChI=1S/C19H27BrN4OS/c20-15-1-3-16(4-2-15)22-5-7-23(8-6-22)17-13-18(21-14-17)19(25)24-9-11-26-12-10-24/h1-4,17-18,21H,5-14H2/t17-,18-/m0/s1. The number of nitrogens with zero attached hydrogens (tertiary/aromatic N) is 3. The van der Waals surface area contributed by atoms with Crippen molar-refractivity contribution in [2.45, 2.75) is 18.5 Å². The first kappa shape index (κ1) is 18.6. The third-order valence-electron chi connectivity index (χ3n) is 5.75. The number of amides is 1. The molecule has 0 radical (unpaired) electrons. The molecular formula is C19H27BrN4OS. The minimum Gasteiger partial charge on any atom is -0.369 e. The normalized spacial score (nSPS) is 27.7. The number of hydrogen-bond acceptors (Lipinski definition) is 5. The van der Waals surface area contributed by atoms with E-state index in [2.05, 4.69) is 60.2 Å². The van der Waals surface area contributed by atoms with Crippen LogP contribution in [-0.4, -0.2) is 85.1 Å². The van der Waals surface area contributed by atoms with Crippen LogP contribution in [0.5, 0.6) is 0 Å². The van der Waals surface area contributed by atoms with Crippen LogP contribution in [0.4, 0.5) is 5.69 Å². The van der Waals surface area contributed by atoms with Gasteiger partial charge in [0.05, 0.1) is 6.04 Å². The molecule has 0 aromatic heterocycles. The van der Waals surface area contributed by atoms with Crippen molar-refractivity contribution in [1.82, 2.24) is 15.1 Å². The molecule has 142 valence electrons. The molecule has 7 heteroatoms. The van der Waals surface area contributed by atoms with Gasteiger partial charge in [0, 0.05) is 73.5 Å². The minimum atomic E-state index is 0.0209. The summed E-state index contributed by atoms with van der Waals surface area (Å²) in [6.45, 7) is 7.03. The fourth-order valence-electron chi connectivity index (χ4n) is 4.18. The van der Waals surface area contributed by atoms with Crippen LogP contribution in [0, 0.1) is 0 Å². The fourth-order valence-corrected chi connectivity index (χ4v) is 5.35. The number of anilines is 1. The van der Waals surface area contributed by atoms with Crippen LogP contribution in [0.15, 0.2) is 28.7 Å². The van der Waals surface area contributed by atoms with Crippen molar-refractivity contribution in [2.24, 2.45) is 0 Å². The first-order chi connectivity index (χ1) is 12.7. The molecule has 1 N–H and O–H groups in total. The van der Waals surface area contributed by atoms with Crippen LogP contribution in [-0.2, 0) is 4.79 Å². The zero-order chi connectivity index (χ0) is 17.9. The summed E-state index contributed by atoms with van der Waals surface area (Å²) in [5, 5.41) is 3.49. The predicted molar refractivity (Wildman–Crippen MR) is 112 cm³/mol. The molecule has 3 saturated heterocycles. The van der Waals surface area contributed by atoms with E-state index in [1.807, 2.05) is 11.8 Å². The number of carbonyl (C=O) groups excluding carboxylic acids is 1. The van der Waals surface area contributed by atoms with E-state index in [0.29, 0.717) is 11.9 Å². The Morgan fingerprint density at radius 3 is 2.42 bits per heavy atom. The van der Waals surface area contributed by atoms with Gasteiger partial charge in [-0.15, -0.1) is 0 Å². The van der Waals surface area contributed by atoms with Crippen LogP contribution in [0.2, 0.25) is 0 Å². The molecule has 0 spiro atoms. The van der Waals surface area contributed by atoms with E-state index in [9.17, 15) is 4.79 Å². The van der Waals surface area contributed by atoms with Crippen LogP contribution in [0.3, 0.4) is 0 Å². The highest BCUT2D eigenvalue weighted by molar-refractivity contribution is 9.10. The molecule has 0 unspecified atom stereocenters. The summed E-state index contributed by atoms with van der Waals surface area (Å²) in [5.41, 5.74) is 1.30. The molecule has 1 amide bonds. The zero-order valence-corrected chi connectivity index (χ0v) is 17.5. The van der Waals surface area contributed by atoms with Gasteiger partial charge in [-0.25, -0.2) is 0 Å². The Morgan fingerprint density at radius 2 is 1.73 bits per heavy atom. The molecule has 4 rings (SSSR count). The second-order valence-electron chi connectivity index (χ2n) is 7.29. The Balaban J connectivity index is 1.27. The monoisotopic (exact) mass is 438 g/mol. The summed E-state index contributed by atoms with van der Waals surface area (Å²) in [6.07, 6.45) is 0.959. The number of hydrogen-bond donors (Lipinski definition) is 1. The third-order valence-corrected chi connectivity index (χ3v) is 7.22. The lowest BCUT2D eigenvalue weighted by Gasteiger charge is -2.39. The van der Waals surface area contributed by atoms with Gasteiger partial charge in [0.2, 0.25) is 5.91 Å². The van der Waals surface area contributed by atoms with E-state index < -0.39 is 0 Å². The van der Waals surface area contributed by atoms with Gasteiger partial charge in [0.15, 0.2) is 0 Å². The number of halogens is 1. The number of carbonyl (C=O) groups is 1. The predicted octanol–water partition coefficient (Wildman–Crippen LogP) is 1.88. The number of benzene rings is 1. The highest BCUT2D eigenvalue weighted by Crippen LogP contribution is 2.23. The van der Waals surface area contributed by atoms with Crippen molar-refractivity contribution in [1.29, 1.82) is 0 Å². The van der Waals surface area contributed by atoms with Crippen molar-refractivity contribution >= 4 is 39.3 Å². The van der Waals surface area contributed by atoms with Crippen LogP contribution >= 0.6 is 27.7 Å². The van der Waals surface area contributed by atoms with E-state index >= 15 is 0 Å². The maximum atomic E-state index is 12.7. The van der Waals surface area contributed by atoms with E-state index in [0.717, 1.165) is 68.2 Å². The number of thioether (sulfide) groups is 1. The Kier molecular flexibility index (Phi) is 6.08. The molecule has 2 atom stereocenters. The summed E-state index contributed by atoms with van der Waals surface area (Å²) >= 11 is 5.45. The average Bonchev–Trinajstić information content (AvgIpc) is 3.19. The average molecular weight is 439 g/mol. The Labute approximate surface area is 168 Å². The molecule has 5 nitrogen and oxygen atoms in total. The van der Waals surface area contributed by atoms with E-state index in [1.165, 1.54) is 5.69 Å². The summed E-state index contributed by atoms with van der Waals surface area (Å²) in [5.74, 6) is 2.49. The molecule has 3 heterocycles. The third kappa shape index (κ3) is 4.21. The first-order valence-corrected chi connectivity index (χ1v) is 11.5.